The van der Waals surface area contributed by atoms with E-state index < -0.39 is 5.54 Å². The predicted molar refractivity (Wildman–Crippen MR) is 128 cm³/mol. The Labute approximate surface area is 190 Å². The Morgan fingerprint density at radius 1 is 1.16 bits per heavy atom. The molecule has 1 aromatic heterocycles. The summed E-state index contributed by atoms with van der Waals surface area (Å²) in [6, 6.07) is 7.30. The first kappa shape index (κ1) is 25.9. The van der Waals surface area contributed by atoms with Crippen molar-refractivity contribution < 1.29 is 19.7 Å². The normalized spacial score (nSPS) is 17.9. The van der Waals surface area contributed by atoms with Crippen LogP contribution in [0.4, 0.5) is 0 Å². The van der Waals surface area contributed by atoms with E-state index in [1.165, 1.54) is 0 Å². The Kier molecular flexibility index (Phi) is 8.12. The highest BCUT2D eigenvalue weighted by molar-refractivity contribution is 5.98. The van der Waals surface area contributed by atoms with Gasteiger partial charge in [0.05, 0.1) is 24.3 Å². The summed E-state index contributed by atoms with van der Waals surface area (Å²) in [6.07, 6.45) is 4.30. The maximum atomic E-state index is 13.4. The summed E-state index contributed by atoms with van der Waals surface area (Å²) >= 11 is 0. The number of rotatable bonds is 7. The number of aryl methyl sites for hydroxylation is 1. The fourth-order valence-electron chi connectivity index (χ4n) is 4.61. The Bertz CT molecular complexity index is 1000. The van der Waals surface area contributed by atoms with Crippen molar-refractivity contribution in [1.82, 2.24) is 9.88 Å². The van der Waals surface area contributed by atoms with Crippen LogP contribution in [-0.2, 0) is 11.3 Å². The quantitative estimate of drug-likeness (QED) is 0.701. The van der Waals surface area contributed by atoms with Crippen LogP contribution in [-0.4, -0.2) is 41.8 Å². The van der Waals surface area contributed by atoms with Gasteiger partial charge in [0.15, 0.2) is 0 Å². The minimum atomic E-state index is -0.474. The van der Waals surface area contributed by atoms with Crippen molar-refractivity contribution in [1.29, 1.82) is 0 Å². The van der Waals surface area contributed by atoms with Gasteiger partial charge in [0, 0.05) is 19.7 Å². The third kappa shape index (κ3) is 4.99. The molecule has 3 N–H and O–H groups in total. The van der Waals surface area contributed by atoms with Gasteiger partial charge in [-0.05, 0) is 68.0 Å². The number of methoxy groups -OCH3 is 2. The van der Waals surface area contributed by atoms with Crippen LogP contribution >= 0.6 is 0 Å². The van der Waals surface area contributed by atoms with E-state index >= 15 is 0 Å². The molecule has 3 rings (SSSR count). The maximum absolute atomic E-state index is 13.4. The van der Waals surface area contributed by atoms with Crippen LogP contribution in [0.2, 0.25) is 0 Å². The smallest absolute Gasteiger partial charge is 0.263 e. The Morgan fingerprint density at radius 3 is 2.38 bits per heavy atom. The lowest BCUT2D eigenvalue weighted by Crippen LogP contribution is -2.59. The number of pyridine rings is 1. The second-order valence-electron chi connectivity index (χ2n) is 9.59. The number of hydrogen-bond acceptors (Lipinski definition) is 4. The highest BCUT2D eigenvalue weighted by atomic mass is 16.5. The van der Waals surface area contributed by atoms with Crippen molar-refractivity contribution in [2.45, 2.75) is 78.0 Å². The molecule has 1 unspecified atom stereocenters. The summed E-state index contributed by atoms with van der Waals surface area (Å²) in [4.78, 5) is 26.8. The van der Waals surface area contributed by atoms with Crippen molar-refractivity contribution in [2.75, 3.05) is 14.2 Å². The van der Waals surface area contributed by atoms with Crippen LogP contribution in [0, 0.1) is 5.41 Å². The second-order valence-corrected chi connectivity index (χ2v) is 9.59. The lowest BCUT2D eigenvalue weighted by Gasteiger charge is -2.46. The van der Waals surface area contributed by atoms with Crippen LogP contribution in [0.3, 0.4) is 0 Å². The molecule has 2 aromatic rings. The van der Waals surface area contributed by atoms with E-state index in [4.69, 9.17) is 9.47 Å². The summed E-state index contributed by atoms with van der Waals surface area (Å²) in [6.45, 7) is 9.08. The molecule has 1 fully saturated rings. The van der Waals surface area contributed by atoms with Crippen LogP contribution < -0.4 is 15.6 Å². The van der Waals surface area contributed by atoms with Crippen LogP contribution in [0.1, 0.15) is 70.2 Å². The third-order valence-corrected chi connectivity index (χ3v) is 6.99. The van der Waals surface area contributed by atoms with Crippen molar-refractivity contribution >= 4 is 16.8 Å². The Balaban J connectivity index is 0.00000363. The molecule has 178 valence electrons. The average molecular weight is 447 g/mol. The zero-order valence-electron chi connectivity index (χ0n) is 20.2. The molecule has 1 saturated carbocycles. The molecule has 7 heteroatoms. The number of hydrogen-bond donors (Lipinski definition) is 1. The number of carbonyl (C=O) groups is 1. The van der Waals surface area contributed by atoms with Gasteiger partial charge in [-0.1, -0.05) is 20.8 Å². The van der Waals surface area contributed by atoms with Gasteiger partial charge in [-0.15, -0.1) is 0 Å². The van der Waals surface area contributed by atoms with Gasteiger partial charge in [0.1, 0.15) is 11.3 Å². The fraction of sp³-hybridized carbons (Fsp3) is 0.600. The van der Waals surface area contributed by atoms with Crippen LogP contribution in [0.5, 0.6) is 5.75 Å². The number of ether oxygens (including phenoxy) is 2. The number of carbonyl (C=O) groups excluding carboxylic acids is 1. The monoisotopic (exact) mass is 446 g/mol. The highest BCUT2D eigenvalue weighted by Crippen LogP contribution is 2.42. The summed E-state index contributed by atoms with van der Waals surface area (Å²) < 4.78 is 12.7. The third-order valence-electron chi connectivity index (χ3n) is 6.99. The summed E-state index contributed by atoms with van der Waals surface area (Å²) in [5, 5.41) is 4.08. The molecule has 1 heterocycles. The minimum Gasteiger partial charge on any atom is -0.497 e. The number of nitrogens with one attached hydrogen (secondary N) is 1. The number of benzene rings is 1. The van der Waals surface area contributed by atoms with E-state index in [9.17, 15) is 9.59 Å². The molecule has 1 aromatic carbocycles. The van der Waals surface area contributed by atoms with E-state index in [0.29, 0.717) is 12.3 Å². The van der Waals surface area contributed by atoms with E-state index in [-0.39, 0.29) is 34.0 Å². The average Bonchev–Trinajstić information content (AvgIpc) is 2.76. The van der Waals surface area contributed by atoms with Crippen molar-refractivity contribution in [2.24, 2.45) is 5.41 Å². The number of aromatic nitrogens is 1. The van der Waals surface area contributed by atoms with E-state index in [1.54, 1.807) is 24.9 Å². The molecule has 7 nitrogen and oxygen atoms in total. The molecule has 1 amide bonds. The Hall–Kier alpha value is -2.38. The predicted octanol–water partition coefficient (Wildman–Crippen LogP) is 3.70. The maximum Gasteiger partial charge on any atom is 0.263 e. The van der Waals surface area contributed by atoms with E-state index in [2.05, 4.69) is 19.2 Å². The van der Waals surface area contributed by atoms with Gasteiger partial charge in [-0.2, -0.15) is 0 Å². The minimum absolute atomic E-state index is 0. The molecule has 0 spiro atoms. The number of nitrogens with zero attached hydrogens (tertiary/aromatic N) is 1. The van der Waals surface area contributed by atoms with Gasteiger partial charge >= 0.3 is 0 Å². The SMILES string of the molecule is CCCn1c(=O)c(C(=O)NC2(C(C)OC)CCC(C)(C)CC2)cc2ccc(OC)cc21.O. The highest BCUT2D eigenvalue weighted by Gasteiger charge is 2.44. The molecule has 0 radical (unpaired) electrons. The zero-order valence-corrected chi connectivity index (χ0v) is 20.2. The summed E-state index contributed by atoms with van der Waals surface area (Å²) in [5.41, 5.74) is 0.465. The first-order chi connectivity index (χ1) is 14.7. The molecule has 1 atom stereocenters. The molecular weight excluding hydrogens is 408 g/mol. The molecule has 0 aliphatic heterocycles. The summed E-state index contributed by atoms with van der Waals surface area (Å²) in [5.74, 6) is 0.364. The van der Waals surface area contributed by atoms with Gasteiger partial charge in [0.25, 0.3) is 11.5 Å². The van der Waals surface area contributed by atoms with Gasteiger partial charge < -0.3 is 24.8 Å². The van der Waals surface area contributed by atoms with Crippen LogP contribution in [0.15, 0.2) is 29.1 Å². The largest absolute Gasteiger partial charge is 0.497 e. The van der Waals surface area contributed by atoms with Crippen molar-refractivity contribution in [3.63, 3.8) is 0 Å². The van der Waals surface area contributed by atoms with Crippen molar-refractivity contribution in [3.05, 3.63) is 40.2 Å². The van der Waals surface area contributed by atoms with Gasteiger partial charge in [0.2, 0.25) is 0 Å². The standard InChI is InChI=1S/C25H36N2O4.H2O/c1-7-14-27-21-16-19(31-6)9-8-18(21)15-20(23(27)29)22(28)26-25(17(2)30-5)12-10-24(3,4)11-13-25;/h8-9,15-17H,7,10-14H2,1-6H3,(H,26,28);1H2. The second kappa shape index (κ2) is 10.0. The molecular formula is C25H38N2O5. The van der Waals surface area contributed by atoms with Gasteiger partial charge in [-0.25, -0.2) is 0 Å². The fourth-order valence-corrected chi connectivity index (χ4v) is 4.61. The topological polar surface area (TPSA) is 101 Å². The molecule has 32 heavy (non-hydrogen) atoms. The molecule has 1 aliphatic rings. The van der Waals surface area contributed by atoms with E-state index in [1.807, 2.05) is 32.0 Å². The lowest BCUT2D eigenvalue weighted by atomic mass is 9.67. The first-order valence-corrected chi connectivity index (χ1v) is 11.2. The summed E-state index contributed by atoms with van der Waals surface area (Å²) in [7, 11) is 3.28. The molecule has 0 saturated heterocycles. The van der Waals surface area contributed by atoms with E-state index in [0.717, 1.165) is 43.0 Å². The first-order valence-electron chi connectivity index (χ1n) is 11.2. The molecule has 1 aliphatic carbocycles. The molecule has 0 bridgehead atoms. The zero-order chi connectivity index (χ0) is 22.8. The van der Waals surface area contributed by atoms with Crippen LogP contribution in [0.25, 0.3) is 10.9 Å². The number of amides is 1. The number of fused-ring (bicyclic) bond motifs is 1. The van der Waals surface area contributed by atoms with Crippen molar-refractivity contribution in [3.8, 4) is 5.75 Å². The van der Waals surface area contributed by atoms with Gasteiger partial charge in [-0.3, -0.25) is 9.59 Å². The Morgan fingerprint density at radius 2 is 1.81 bits per heavy atom. The lowest BCUT2D eigenvalue weighted by molar-refractivity contribution is -0.00708.